The van der Waals surface area contributed by atoms with Crippen LogP contribution in [0.4, 0.5) is 0 Å². The number of carbonyl (C=O) groups excluding carboxylic acids is 2. The molecule has 22 heavy (non-hydrogen) atoms. The first-order chi connectivity index (χ1) is 10.5. The van der Waals surface area contributed by atoms with Gasteiger partial charge in [0.2, 0.25) is 0 Å². The van der Waals surface area contributed by atoms with Crippen molar-refractivity contribution in [2.24, 2.45) is 5.92 Å². The Labute approximate surface area is 131 Å². The first-order valence-electron chi connectivity index (χ1n) is 7.87. The molecule has 0 aromatic heterocycles. The van der Waals surface area contributed by atoms with Crippen molar-refractivity contribution in [3.05, 3.63) is 29.3 Å². The Hall–Kier alpha value is -1.84. The summed E-state index contributed by atoms with van der Waals surface area (Å²) in [7, 11) is 1.56. The minimum absolute atomic E-state index is 0.0261. The standard InChI is InChI=1S/C18H24O4/c1-12-5-4-6-16(9-12)22-18(20)11-15-10-14(13(2)19)7-8-17(15)21-3/h7-8,10,12,16H,4-6,9,11H2,1-3H3/t12-,16+/m1/s1. The summed E-state index contributed by atoms with van der Waals surface area (Å²) in [5.74, 6) is 0.942. The number of carbonyl (C=O) groups is 2. The molecule has 0 heterocycles. The van der Waals surface area contributed by atoms with Gasteiger partial charge in [-0.3, -0.25) is 9.59 Å². The Morgan fingerprint density at radius 3 is 2.68 bits per heavy atom. The summed E-state index contributed by atoms with van der Waals surface area (Å²) in [6, 6.07) is 5.15. The quantitative estimate of drug-likeness (QED) is 0.616. The molecule has 1 saturated carbocycles. The van der Waals surface area contributed by atoms with Crippen LogP contribution in [0, 0.1) is 5.92 Å². The van der Waals surface area contributed by atoms with Crippen LogP contribution in [0.2, 0.25) is 0 Å². The van der Waals surface area contributed by atoms with Gasteiger partial charge < -0.3 is 9.47 Å². The predicted octanol–water partition coefficient (Wildman–Crippen LogP) is 3.56. The summed E-state index contributed by atoms with van der Waals surface area (Å²) in [5.41, 5.74) is 1.28. The van der Waals surface area contributed by atoms with Gasteiger partial charge in [0, 0.05) is 11.1 Å². The van der Waals surface area contributed by atoms with E-state index in [0.717, 1.165) is 19.3 Å². The van der Waals surface area contributed by atoms with Crippen molar-refractivity contribution in [3.8, 4) is 5.75 Å². The fraction of sp³-hybridized carbons (Fsp3) is 0.556. The molecule has 0 N–H and O–H groups in total. The van der Waals surface area contributed by atoms with E-state index in [1.54, 1.807) is 25.3 Å². The number of Topliss-reactive ketones (excluding diaryl/α,β-unsaturated/α-hetero) is 1. The molecule has 120 valence electrons. The van der Waals surface area contributed by atoms with Crippen LogP contribution in [0.1, 0.15) is 55.5 Å². The Kier molecular flexibility index (Phi) is 5.58. The maximum Gasteiger partial charge on any atom is 0.310 e. The molecule has 0 spiro atoms. The van der Waals surface area contributed by atoms with Gasteiger partial charge in [-0.1, -0.05) is 13.3 Å². The number of hydrogen-bond donors (Lipinski definition) is 0. The highest BCUT2D eigenvalue weighted by Gasteiger charge is 2.22. The smallest absolute Gasteiger partial charge is 0.310 e. The third-order valence-electron chi connectivity index (χ3n) is 4.21. The van der Waals surface area contributed by atoms with Crippen molar-refractivity contribution >= 4 is 11.8 Å². The number of methoxy groups -OCH3 is 1. The molecule has 0 amide bonds. The molecular weight excluding hydrogens is 280 g/mol. The predicted molar refractivity (Wildman–Crippen MR) is 84.2 cm³/mol. The van der Waals surface area contributed by atoms with Gasteiger partial charge in [-0.2, -0.15) is 0 Å². The summed E-state index contributed by atoms with van der Waals surface area (Å²) in [4.78, 5) is 23.7. The molecule has 1 aromatic carbocycles. The molecule has 1 aliphatic carbocycles. The molecular formula is C18H24O4. The Morgan fingerprint density at radius 1 is 1.27 bits per heavy atom. The molecule has 1 fully saturated rings. The summed E-state index contributed by atoms with van der Waals surface area (Å²) >= 11 is 0. The van der Waals surface area contributed by atoms with E-state index in [9.17, 15) is 9.59 Å². The van der Waals surface area contributed by atoms with Crippen molar-refractivity contribution in [3.63, 3.8) is 0 Å². The highest BCUT2D eigenvalue weighted by atomic mass is 16.5. The van der Waals surface area contributed by atoms with E-state index in [1.165, 1.54) is 13.3 Å². The van der Waals surface area contributed by atoms with Crippen LogP contribution in [0.15, 0.2) is 18.2 Å². The molecule has 1 aromatic rings. The number of benzene rings is 1. The summed E-state index contributed by atoms with van der Waals surface area (Å²) in [5, 5.41) is 0. The van der Waals surface area contributed by atoms with Crippen LogP contribution >= 0.6 is 0 Å². The zero-order valence-corrected chi connectivity index (χ0v) is 13.6. The first-order valence-corrected chi connectivity index (χ1v) is 7.87. The van der Waals surface area contributed by atoms with Gasteiger partial charge in [0.05, 0.1) is 13.5 Å². The van der Waals surface area contributed by atoms with Gasteiger partial charge in [0.1, 0.15) is 11.9 Å². The minimum atomic E-state index is -0.252. The van der Waals surface area contributed by atoms with Crippen molar-refractivity contribution in [1.29, 1.82) is 0 Å². The molecule has 1 aliphatic rings. The zero-order chi connectivity index (χ0) is 16.1. The maximum atomic E-state index is 12.2. The topological polar surface area (TPSA) is 52.6 Å². The summed E-state index contributed by atoms with van der Waals surface area (Å²) in [6.07, 6.45) is 4.37. The van der Waals surface area contributed by atoms with E-state index < -0.39 is 0 Å². The number of esters is 1. The molecule has 0 bridgehead atoms. The molecule has 0 unspecified atom stereocenters. The molecule has 4 heteroatoms. The number of ether oxygens (including phenoxy) is 2. The fourth-order valence-electron chi connectivity index (χ4n) is 3.00. The largest absolute Gasteiger partial charge is 0.496 e. The van der Waals surface area contributed by atoms with E-state index >= 15 is 0 Å². The number of ketones is 1. The van der Waals surface area contributed by atoms with Crippen LogP contribution < -0.4 is 4.74 Å². The van der Waals surface area contributed by atoms with Crippen LogP contribution in [-0.2, 0) is 16.0 Å². The van der Waals surface area contributed by atoms with E-state index in [-0.39, 0.29) is 24.3 Å². The second-order valence-electron chi connectivity index (χ2n) is 6.14. The van der Waals surface area contributed by atoms with Gasteiger partial charge in [-0.15, -0.1) is 0 Å². The van der Waals surface area contributed by atoms with Crippen molar-refractivity contribution in [1.82, 2.24) is 0 Å². The van der Waals surface area contributed by atoms with Gasteiger partial charge in [-0.25, -0.2) is 0 Å². The lowest BCUT2D eigenvalue weighted by molar-refractivity contribution is -0.150. The van der Waals surface area contributed by atoms with Gasteiger partial charge >= 0.3 is 5.97 Å². The van der Waals surface area contributed by atoms with Gasteiger partial charge in [0.15, 0.2) is 5.78 Å². The average Bonchev–Trinajstić information content (AvgIpc) is 2.47. The summed E-state index contributed by atoms with van der Waals surface area (Å²) in [6.45, 7) is 3.70. The van der Waals surface area contributed by atoms with E-state index in [4.69, 9.17) is 9.47 Å². The summed E-state index contributed by atoms with van der Waals surface area (Å²) < 4.78 is 10.9. The third kappa shape index (κ3) is 4.33. The van der Waals surface area contributed by atoms with E-state index in [2.05, 4.69) is 6.92 Å². The SMILES string of the molecule is COc1ccc(C(C)=O)cc1CC(=O)O[C@H]1CCC[C@@H](C)C1. The van der Waals surface area contributed by atoms with Gasteiger partial charge in [0.25, 0.3) is 0 Å². The normalized spacial score (nSPS) is 21.2. The Bertz CT molecular complexity index is 550. The highest BCUT2D eigenvalue weighted by Crippen LogP contribution is 2.27. The van der Waals surface area contributed by atoms with Crippen molar-refractivity contribution in [2.75, 3.05) is 7.11 Å². The lowest BCUT2D eigenvalue weighted by atomic mass is 9.89. The Balaban J connectivity index is 2.03. The van der Waals surface area contributed by atoms with Crippen LogP contribution in [0.25, 0.3) is 0 Å². The highest BCUT2D eigenvalue weighted by molar-refractivity contribution is 5.94. The third-order valence-corrected chi connectivity index (χ3v) is 4.21. The lowest BCUT2D eigenvalue weighted by Crippen LogP contribution is -2.25. The van der Waals surface area contributed by atoms with Crippen molar-refractivity contribution < 1.29 is 19.1 Å². The second kappa shape index (κ2) is 7.43. The van der Waals surface area contributed by atoms with E-state index in [1.807, 2.05) is 0 Å². The molecule has 0 radical (unpaired) electrons. The van der Waals surface area contributed by atoms with E-state index in [0.29, 0.717) is 22.8 Å². The second-order valence-corrected chi connectivity index (χ2v) is 6.14. The Morgan fingerprint density at radius 2 is 2.05 bits per heavy atom. The number of hydrogen-bond acceptors (Lipinski definition) is 4. The number of rotatable bonds is 5. The van der Waals surface area contributed by atoms with Crippen LogP contribution in [0.5, 0.6) is 5.75 Å². The first kappa shape index (κ1) is 16.5. The molecule has 0 saturated heterocycles. The van der Waals surface area contributed by atoms with Crippen LogP contribution in [-0.4, -0.2) is 25.0 Å². The minimum Gasteiger partial charge on any atom is -0.496 e. The lowest BCUT2D eigenvalue weighted by Gasteiger charge is -2.26. The average molecular weight is 304 g/mol. The van der Waals surface area contributed by atoms with Gasteiger partial charge in [-0.05, 0) is 50.3 Å². The molecule has 2 atom stereocenters. The van der Waals surface area contributed by atoms with Crippen molar-refractivity contribution in [2.45, 2.75) is 52.1 Å². The molecule has 4 nitrogen and oxygen atoms in total. The zero-order valence-electron chi connectivity index (χ0n) is 13.6. The fourth-order valence-corrected chi connectivity index (χ4v) is 3.00. The monoisotopic (exact) mass is 304 g/mol. The molecule has 2 rings (SSSR count). The van der Waals surface area contributed by atoms with Crippen LogP contribution in [0.3, 0.4) is 0 Å². The maximum absolute atomic E-state index is 12.2. The molecule has 0 aliphatic heterocycles.